The smallest absolute Gasteiger partial charge is 0.281 e. The van der Waals surface area contributed by atoms with Crippen LogP contribution in [0.3, 0.4) is 0 Å². The van der Waals surface area contributed by atoms with Gasteiger partial charge in [0.1, 0.15) is 0 Å². The van der Waals surface area contributed by atoms with E-state index in [4.69, 9.17) is 0 Å². The van der Waals surface area contributed by atoms with E-state index in [0.29, 0.717) is 19.4 Å². The van der Waals surface area contributed by atoms with Crippen molar-refractivity contribution < 1.29 is 13.2 Å². The molecule has 1 N–H and O–H groups in total. The number of hydrogen-bond acceptors (Lipinski definition) is 3. The molecule has 1 aromatic carbocycles. The Hall–Kier alpha value is -1.44. The van der Waals surface area contributed by atoms with Gasteiger partial charge in [0.25, 0.3) is 10.2 Å². The van der Waals surface area contributed by atoms with Crippen molar-refractivity contribution in [2.45, 2.75) is 26.7 Å². The summed E-state index contributed by atoms with van der Waals surface area (Å²) in [7, 11) is -0.449. The second kappa shape index (κ2) is 6.98. The van der Waals surface area contributed by atoms with Crippen LogP contribution in [-0.2, 0) is 15.0 Å². The van der Waals surface area contributed by atoms with Crippen LogP contribution in [0, 0.1) is 19.8 Å². The Kier molecular flexibility index (Phi) is 5.44. The maximum atomic E-state index is 12.5. The monoisotopic (exact) mass is 339 g/mol. The fourth-order valence-corrected chi connectivity index (χ4v) is 3.98. The minimum Gasteiger partial charge on any atom is -0.326 e. The number of benzene rings is 1. The zero-order valence-electron chi connectivity index (χ0n) is 14.2. The average molecular weight is 339 g/mol. The first-order valence-electron chi connectivity index (χ1n) is 7.77. The van der Waals surface area contributed by atoms with Gasteiger partial charge in [-0.2, -0.15) is 17.0 Å². The summed E-state index contributed by atoms with van der Waals surface area (Å²) in [5.74, 6) is -0.435. The van der Waals surface area contributed by atoms with Crippen molar-refractivity contribution in [3.8, 4) is 0 Å². The third-order valence-electron chi connectivity index (χ3n) is 4.18. The van der Waals surface area contributed by atoms with Crippen LogP contribution in [0.4, 0.5) is 5.69 Å². The van der Waals surface area contributed by atoms with E-state index >= 15 is 0 Å². The molecule has 0 radical (unpaired) electrons. The molecular formula is C16H25N3O3S. The van der Waals surface area contributed by atoms with Crippen molar-refractivity contribution in [2.24, 2.45) is 5.92 Å². The molecule has 0 aromatic heterocycles. The molecule has 0 spiro atoms. The fourth-order valence-electron chi connectivity index (χ4n) is 2.79. The molecule has 2 rings (SSSR count). The van der Waals surface area contributed by atoms with Gasteiger partial charge in [0.05, 0.1) is 5.92 Å². The molecule has 1 heterocycles. The van der Waals surface area contributed by atoms with Crippen molar-refractivity contribution >= 4 is 21.8 Å². The zero-order valence-corrected chi connectivity index (χ0v) is 15.0. The fraction of sp³-hybridized carbons (Fsp3) is 0.562. The van der Waals surface area contributed by atoms with Crippen LogP contribution in [0.2, 0.25) is 0 Å². The van der Waals surface area contributed by atoms with E-state index in [2.05, 4.69) is 5.32 Å². The maximum Gasteiger partial charge on any atom is 0.281 e. The molecule has 128 valence electrons. The summed E-state index contributed by atoms with van der Waals surface area (Å²) in [5, 5.41) is 2.93. The number of carbonyl (C=O) groups is 1. The summed E-state index contributed by atoms with van der Waals surface area (Å²) in [4.78, 5) is 12.5. The highest BCUT2D eigenvalue weighted by Crippen LogP contribution is 2.23. The quantitative estimate of drug-likeness (QED) is 0.909. The van der Waals surface area contributed by atoms with Crippen molar-refractivity contribution in [3.05, 3.63) is 29.3 Å². The lowest BCUT2D eigenvalue weighted by molar-refractivity contribution is -0.120. The van der Waals surface area contributed by atoms with Crippen LogP contribution in [0.1, 0.15) is 24.0 Å². The maximum absolute atomic E-state index is 12.5. The molecule has 0 unspecified atom stereocenters. The molecule has 1 atom stereocenters. The number of anilines is 1. The predicted molar refractivity (Wildman–Crippen MR) is 91.4 cm³/mol. The van der Waals surface area contributed by atoms with Crippen LogP contribution in [0.5, 0.6) is 0 Å². The molecule has 6 nitrogen and oxygen atoms in total. The predicted octanol–water partition coefficient (Wildman–Crippen LogP) is 1.76. The van der Waals surface area contributed by atoms with Crippen LogP contribution in [-0.4, -0.2) is 50.1 Å². The SMILES string of the molecule is Cc1ccc(NC(=O)[C@@H]2CCCN(S(=O)(=O)N(C)C)C2)c(C)c1. The van der Waals surface area contributed by atoms with Crippen LogP contribution in [0.25, 0.3) is 0 Å². The number of amides is 1. The highest BCUT2D eigenvalue weighted by Gasteiger charge is 2.33. The Morgan fingerprint density at radius 1 is 1.30 bits per heavy atom. The van der Waals surface area contributed by atoms with Crippen molar-refractivity contribution in [1.82, 2.24) is 8.61 Å². The van der Waals surface area contributed by atoms with Gasteiger partial charge in [-0.15, -0.1) is 0 Å². The van der Waals surface area contributed by atoms with Gasteiger partial charge in [-0.05, 0) is 38.3 Å². The first kappa shape index (κ1) is 17.9. The summed E-state index contributed by atoms with van der Waals surface area (Å²) in [6.07, 6.45) is 1.40. The third kappa shape index (κ3) is 4.10. The van der Waals surface area contributed by atoms with Gasteiger partial charge in [-0.3, -0.25) is 4.79 Å². The number of rotatable bonds is 4. The van der Waals surface area contributed by atoms with Crippen molar-refractivity contribution in [3.63, 3.8) is 0 Å². The molecule has 0 bridgehead atoms. The molecular weight excluding hydrogens is 314 g/mol. The van der Waals surface area contributed by atoms with E-state index in [9.17, 15) is 13.2 Å². The normalized spacial score (nSPS) is 19.8. The first-order valence-corrected chi connectivity index (χ1v) is 9.17. The lowest BCUT2D eigenvalue weighted by Crippen LogP contribution is -2.47. The number of hydrogen-bond donors (Lipinski definition) is 1. The van der Waals surface area contributed by atoms with E-state index in [1.165, 1.54) is 22.7 Å². The van der Waals surface area contributed by atoms with Crippen LogP contribution < -0.4 is 5.32 Å². The summed E-state index contributed by atoms with van der Waals surface area (Å²) < 4.78 is 27.0. The third-order valence-corrected chi connectivity index (χ3v) is 6.09. The lowest BCUT2D eigenvalue weighted by atomic mass is 9.98. The van der Waals surface area contributed by atoms with Gasteiger partial charge in [-0.25, -0.2) is 0 Å². The lowest BCUT2D eigenvalue weighted by Gasteiger charge is -2.32. The highest BCUT2D eigenvalue weighted by atomic mass is 32.2. The van der Waals surface area contributed by atoms with Gasteiger partial charge < -0.3 is 5.32 Å². The van der Waals surface area contributed by atoms with E-state index in [-0.39, 0.29) is 18.4 Å². The standard InChI is InChI=1S/C16H25N3O3S/c1-12-7-8-15(13(2)10-12)17-16(20)14-6-5-9-19(11-14)23(21,22)18(3)4/h7-8,10,14H,5-6,9,11H2,1-4H3,(H,17,20)/t14-/m1/s1. The molecule has 0 aliphatic carbocycles. The Morgan fingerprint density at radius 3 is 2.61 bits per heavy atom. The van der Waals surface area contributed by atoms with E-state index in [0.717, 1.165) is 16.8 Å². The summed E-state index contributed by atoms with van der Waals surface area (Å²) in [5.41, 5.74) is 2.93. The molecule has 1 saturated heterocycles. The molecule has 23 heavy (non-hydrogen) atoms. The second-order valence-corrected chi connectivity index (χ2v) is 8.44. The second-order valence-electron chi connectivity index (χ2n) is 6.29. The Morgan fingerprint density at radius 2 is 2.00 bits per heavy atom. The van der Waals surface area contributed by atoms with Gasteiger partial charge in [0.2, 0.25) is 5.91 Å². The largest absolute Gasteiger partial charge is 0.326 e. The number of nitrogens with zero attached hydrogens (tertiary/aromatic N) is 2. The number of nitrogens with one attached hydrogen (secondary N) is 1. The van der Waals surface area contributed by atoms with E-state index in [1.807, 2.05) is 32.0 Å². The number of piperidine rings is 1. The molecule has 0 saturated carbocycles. The van der Waals surface area contributed by atoms with Gasteiger partial charge in [0, 0.05) is 32.9 Å². The van der Waals surface area contributed by atoms with Gasteiger partial charge in [-0.1, -0.05) is 17.7 Å². The Bertz CT molecular complexity index is 686. The van der Waals surface area contributed by atoms with Crippen LogP contribution >= 0.6 is 0 Å². The zero-order chi connectivity index (χ0) is 17.2. The number of carbonyl (C=O) groups excluding carboxylic acids is 1. The number of aryl methyl sites for hydroxylation is 2. The summed E-state index contributed by atoms with van der Waals surface area (Å²) >= 11 is 0. The summed E-state index contributed by atoms with van der Waals surface area (Å²) in [6, 6.07) is 5.85. The highest BCUT2D eigenvalue weighted by molar-refractivity contribution is 7.86. The minimum absolute atomic E-state index is 0.115. The molecule has 1 aromatic rings. The van der Waals surface area contributed by atoms with E-state index < -0.39 is 10.2 Å². The Labute approximate surface area is 138 Å². The van der Waals surface area contributed by atoms with Gasteiger partial charge in [0.15, 0.2) is 0 Å². The average Bonchev–Trinajstić information content (AvgIpc) is 2.50. The minimum atomic E-state index is -3.47. The molecule has 1 amide bonds. The Balaban J connectivity index is 2.08. The van der Waals surface area contributed by atoms with Crippen molar-refractivity contribution in [2.75, 3.05) is 32.5 Å². The van der Waals surface area contributed by atoms with Crippen molar-refractivity contribution in [1.29, 1.82) is 0 Å². The topological polar surface area (TPSA) is 69.7 Å². The van der Waals surface area contributed by atoms with Gasteiger partial charge >= 0.3 is 0 Å². The molecule has 7 heteroatoms. The van der Waals surface area contributed by atoms with E-state index in [1.54, 1.807) is 0 Å². The molecule has 1 fully saturated rings. The molecule has 1 aliphatic rings. The van der Waals surface area contributed by atoms with Crippen LogP contribution in [0.15, 0.2) is 18.2 Å². The first-order chi connectivity index (χ1) is 10.7. The molecule has 1 aliphatic heterocycles. The summed E-state index contributed by atoms with van der Waals surface area (Å²) in [6.45, 7) is 4.65.